The lowest BCUT2D eigenvalue weighted by molar-refractivity contribution is 0.477. The normalized spacial score (nSPS) is 10.0. The van der Waals surface area contributed by atoms with Gasteiger partial charge >= 0.3 is 0 Å². The van der Waals surface area contributed by atoms with Gasteiger partial charge in [-0.2, -0.15) is 5.26 Å². The number of halogens is 2. The molecule has 2 rings (SSSR count). The van der Waals surface area contributed by atoms with Gasteiger partial charge in [0.05, 0.1) is 26.8 Å². The Balaban J connectivity index is 2.33. The molecule has 0 N–H and O–H groups in total. The van der Waals surface area contributed by atoms with E-state index in [1.807, 2.05) is 6.26 Å². The number of benzene rings is 1. The highest BCUT2D eigenvalue weighted by molar-refractivity contribution is 7.98. The zero-order valence-corrected chi connectivity index (χ0v) is 12.2. The molecule has 1 aromatic carbocycles. The van der Waals surface area contributed by atoms with Crippen molar-refractivity contribution in [3.8, 4) is 17.6 Å². The number of hydrogen-bond donors (Lipinski definition) is 0. The summed E-state index contributed by atoms with van der Waals surface area (Å²) in [4.78, 5) is 4.17. The number of aromatic nitrogens is 1. The van der Waals surface area contributed by atoms with Crippen LogP contribution < -0.4 is 4.74 Å². The fraction of sp³-hybridized carbons (Fsp3) is 0.0769. The molecule has 0 atom stereocenters. The summed E-state index contributed by atoms with van der Waals surface area (Å²) in [5.41, 5.74) is 0.422. The van der Waals surface area contributed by atoms with Gasteiger partial charge in [0, 0.05) is 6.07 Å². The predicted molar refractivity (Wildman–Crippen MR) is 77.3 cm³/mol. The quantitative estimate of drug-likeness (QED) is 0.766. The molecule has 1 aromatic heterocycles. The Bertz CT molecular complexity index is 656. The summed E-state index contributed by atoms with van der Waals surface area (Å²) >= 11 is 13.2. The molecule has 0 bridgehead atoms. The van der Waals surface area contributed by atoms with E-state index in [9.17, 15) is 0 Å². The number of ether oxygens (including phenoxy) is 1. The van der Waals surface area contributed by atoms with Crippen molar-refractivity contribution in [2.24, 2.45) is 0 Å². The van der Waals surface area contributed by atoms with Crippen LogP contribution in [-0.2, 0) is 0 Å². The highest BCUT2D eigenvalue weighted by Crippen LogP contribution is 2.31. The number of nitrogens with zero attached hydrogens (tertiary/aromatic N) is 2. The molecule has 96 valence electrons. The Morgan fingerprint density at radius 1 is 1.26 bits per heavy atom. The lowest BCUT2D eigenvalue weighted by atomic mass is 10.2. The molecule has 19 heavy (non-hydrogen) atoms. The van der Waals surface area contributed by atoms with Crippen LogP contribution in [0.4, 0.5) is 0 Å². The number of hydrogen-bond acceptors (Lipinski definition) is 4. The minimum absolute atomic E-state index is 0.388. The van der Waals surface area contributed by atoms with Crippen molar-refractivity contribution in [2.45, 2.75) is 5.03 Å². The molecule has 0 saturated carbocycles. The Labute approximate surface area is 125 Å². The van der Waals surface area contributed by atoms with Gasteiger partial charge < -0.3 is 4.74 Å². The zero-order valence-electron chi connectivity index (χ0n) is 9.85. The van der Waals surface area contributed by atoms with E-state index in [4.69, 9.17) is 33.2 Å². The molecule has 0 aliphatic carbocycles. The molecule has 0 aliphatic heterocycles. The predicted octanol–water partition coefficient (Wildman–Crippen LogP) is 4.77. The zero-order chi connectivity index (χ0) is 13.8. The van der Waals surface area contributed by atoms with Crippen LogP contribution in [-0.4, -0.2) is 11.2 Å². The molecule has 0 aliphatic rings. The molecular weight excluding hydrogens is 303 g/mol. The molecular formula is C13H8Cl2N2OS. The van der Waals surface area contributed by atoms with Crippen LogP contribution in [0.15, 0.2) is 35.5 Å². The van der Waals surface area contributed by atoms with Crippen molar-refractivity contribution in [2.75, 3.05) is 6.26 Å². The van der Waals surface area contributed by atoms with Crippen LogP contribution in [0.2, 0.25) is 10.0 Å². The van der Waals surface area contributed by atoms with Gasteiger partial charge in [-0.15, -0.1) is 11.8 Å². The fourth-order valence-electron chi connectivity index (χ4n) is 1.37. The Morgan fingerprint density at radius 2 is 2.05 bits per heavy atom. The molecule has 6 heteroatoms. The van der Waals surface area contributed by atoms with E-state index in [0.29, 0.717) is 27.1 Å². The molecule has 1 heterocycles. The third kappa shape index (κ3) is 3.32. The van der Waals surface area contributed by atoms with Gasteiger partial charge in [0.25, 0.3) is 0 Å². The van der Waals surface area contributed by atoms with E-state index in [1.165, 1.54) is 18.0 Å². The first-order valence-electron chi connectivity index (χ1n) is 5.21. The largest absolute Gasteiger partial charge is 0.454 e. The third-order valence-electron chi connectivity index (χ3n) is 2.29. The molecule has 3 nitrogen and oxygen atoms in total. The van der Waals surface area contributed by atoms with Gasteiger partial charge in [-0.25, -0.2) is 4.98 Å². The monoisotopic (exact) mass is 310 g/mol. The smallest absolute Gasteiger partial charge is 0.163 e. The van der Waals surface area contributed by atoms with Crippen molar-refractivity contribution >= 4 is 35.0 Å². The second-order valence-corrected chi connectivity index (χ2v) is 5.15. The van der Waals surface area contributed by atoms with Crippen molar-refractivity contribution in [3.63, 3.8) is 0 Å². The molecule has 2 aromatic rings. The number of thioether (sulfide) groups is 1. The van der Waals surface area contributed by atoms with Gasteiger partial charge in [-0.05, 0) is 24.5 Å². The van der Waals surface area contributed by atoms with Crippen LogP contribution in [0, 0.1) is 11.3 Å². The molecule has 0 unspecified atom stereocenters. The van der Waals surface area contributed by atoms with E-state index in [1.54, 1.807) is 24.3 Å². The van der Waals surface area contributed by atoms with E-state index in [2.05, 4.69) is 11.1 Å². The Hall–Kier alpha value is -1.41. The van der Waals surface area contributed by atoms with Crippen LogP contribution in [0.1, 0.15) is 5.56 Å². The Morgan fingerprint density at radius 3 is 2.68 bits per heavy atom. The highest BCUT2D eigenvalue weighted by Gasteiger charge is 2.08. The maximum Gasteiger partial charge on any atom is 0.163 e. The summed E-state index contributed by atoms with van der Waals surface area (Å²) in [7, 11) is 0. The topological polar surface area (TPSA) is 45.9 Å². The van der Waals surface area contributed by atoms with Crippen LogP contribution in [0.25, 0.3) is 0 Å². The van der Waals surface area contributed by atoms with Gasteiger partial charge in [0.15, 0.2) is 5.75 Å². The van der Waals surface area contributed by atoms with Gasteiger partial charge in [-0.3, -0.25) is 0 Å². The summed E-state index contributed by atoms with van der Waals surface area (Å²) in [5.74, 6) is 0.892. The maximum atomic E-state index is 9.10. The molecule has 0 fully saturated rings. The highest BCUT2D eigenvalue weighted by atomic mass is 35.5. The van der Waals surface area contributed by atoms with E-state index in [0.717, 1.165) is 5.03 Å². The first-order valence-corrected chi connectivity index (χ1v) is 7.19. The van der Waals surface area contributed by atoms with Crippen molar-refractivity contribution < 1.29 is 4.74 Å². The Kier molecular flexibility index (Phi) is 4.54. The second-order valence-electron chi connectivity index (χ2n) is 3.51. The first kappa shape index (κ1) is 14.0. The first-order chi connectivity index (χ1) is 9.13. The van der Waals surface area contributed by atoms with E-state index >= 15 is 0 Å². The fourth-order valence-corrected chi connectivity index (χ4v) is 2.05. The van der Waals surface area contributed by atoms with Gasteiger partial charge in [0.2, 0.25) is 0 Å². The van der Waals surface area contributed by atoms with Gasteiger partial charge in [-0.1, -0.05) is 23.2 Å². The standard InChI is InChI=1S/C13H8Cl2N2OS/c1-19-13-4-8(6-16)12(7-17-13)18-9-2-3-10(14)11(15)5-9/h2-5,7H,1H3. The van der Waals surface area contributed by atoms with Crippen molar-refractivity contribution in [3.05, 3.63) is 46.1 Å². The van der Waals surface area contributed by atoms with Crippen LogP contribution in [0.5, 0.6) is 11.5 Å². The minimum Gasteiger partial charge on any atom is -0.454 e. The summed E-state index contributed by atoms with van der Waals surface area (Å²) in [6, 6.07) is 8.66. The number of nitriles is 1. The minimum atomic E-state index is 0.388. The molecule has 0 saturated heterocycles. The summed E-state index contributed by atoms with van der Waals surface area (Å²) in [5, 5.41) is 10.7. The summed E-state index contributed by atoms with van der Waals surface area (Å²) in [6.07, 6.45) is 3.41. The van der Waals surface area contributed by atoms with Crippen LogP contribution >= 0.6 is 35.0 Å². The van der Waals surface area contributed by atoms with E-state index < -0.39 is 0 Å². The summed E-state index contributed by atoms with van der Waals surface area (Å²) in [6.45, 7) is 0. The van der Waals surface area contributed by atoms with Gasteiger partial charge in [0.1, 0.15) is 11.8 Å². The molecule has 0 radical (unpaired) electrons. The molecule has 0 spiro atoms. The molecule has 0 amide bonds. The number of rotatable bonds is 3. The SMILES string of the molecule is CSc1cc(C#N)c(Oc2ccc(Cl)c(Cl)c2)cn1. The third-order valence-corrected chi connectivity index (χ3v) is 3.67. The average Bonchev–Trinajstić information content (AvgIpc) is 2.43. The lowest BCUT2D eigenvalue weighted by Gasteiger charge is -2.08. The average molecular weight is 311 g/mol. The summed E-state index contributed by atoms with van der Waals surface area (Å²) < 4.78 is 5.60. The maximum absolute atomic E-state index is 9.10. The van der Waals surface area contributed by atoms with Crippen molar-refractivity contribution in [1.29, 1.82) is 5.26 Å². The van der Waals surface area contributed by atoms with Crippen molar-refractivity contribution in [1.82, 2.24) is 4.98 Å². The van der Waals surface area contributed by atoms with Crippen LogP contribution in [0.3, 0.4) is 0 Å². The lowest BCUT2D eigenvalue weighted by Crippen LogP contribution is -1.91. The van der Waals surface area contributed by atoms with E-state index in [-0.39, 0.29) is 0 Å². The number of pyridine rings is 1. The second kappa shape index (κ2) is 6.16.